The van der Waals surface area contributed by atoms with Gasteiger partial charge >= 0.3 is 0 Å². The summed E-state index contributed by atoms with van der Waals surface area (Å²) >= 11 is 1.79. The Labute approximate surface area is 115 Å². The molecule has 1 atom stereocenters. The summed E-state index contributed by atoms with van der Waals surface area (Å²) in [6, 6.07) is 7.13. The number of rotatable bonds is 3. The quantitative estimate of drug-likeness (QED) is 0.886. The van der Waals surface area contributed by atoms with Gasteiger partial charge in [-0.1, -0.05) is 18.2 Å². The van der Waals surface area contributed by atoms with E-state index in [4.69, 9.17) is 10.6 Å². The Morgan fingerprint density at radius 1 is 1.37 bits per heavy atom. The van der Waals surface area contributed by atoms with Gasteiger partial charge in [-0.15, -0.1) is 0 Å². The smallest absolute Gasteiger partial charge is 0.256 e. The average Bonchev–Trinajstić information content (AvgIpc) is 2.69. The molecule has 0 unspecified atom stereocenters. The molecule has 2 N–H and O–H groups in total. The second-order valence-electron chi connectivity index (χ2n) is 4.66. The first-order valence-corrected chi connectivity index (χ1v) is 7.26. The highest BCUT2D eigenvalue weighted by molar-refractivity contribution is 8.00. The highest BCUT2D eigenvalue weighted by Gasteiger charge is 2.41. The molecular weight excluding hydrogens is 264 g/mol. The van der Waals surface area contributed by atoms with Gasteiger partial charge in [0.05, 0.1) is 18.6 Å². The van der Waals surface area contributed by atoms with E-state index < -0.39 is 11.8 Å². The Bertz CT molecular complexity index is 530. The Morgan fingerprint density at radius 2 is 2.11 bits per heavy atom. The molecule has 0 aromatic heterocycles. The molecule has 3 rings (SSSR count). The number of primary amides is 1. The summed E-state index contributed by atoms with van der Waals surface area (Å²) in [7, 11) is 0. The maximum Gasteiger partial charge on any atom is 0.256 e. The fraction of sp³-hybridized carbons (Fsp3) is 0.385. The molecule has 100 valence electrons. The van der Waals surface area contributed by atoms with Gasteiger partial charge in [0, 0.05) is 17.1 Å². The van der Waals surface area contributed by atoms with E-state index in [0.717, 1.165) is 11.5 Å². The normalized spacial score (nSPS) is 23.5. The molecule has 0 saturated carbocycles. The second-order valence-corrected chi connectivity index (χ2v) is 5.73. The van der Waals surface area contributed by atoms with E-state index in [1.54, 1.807) is 36.0 Å². The number of thioether (sulfide) groups is 1. The van der Waals surface area contributed by atoms with Crippen molar-refractivity contribution in [2.45, 2.75) is 12.0 Å². The van der Waals surface area contributed by atoms with E-state index in [9.17, 15) is 9.59 Å². The first-order chi connectivity index (χ1) is 9.18. The van der Waals surface area contributed by atoms with Gasteiger partial charge in [-0.2, -0.15) is 11.8 Å². The van der Waals surface area contributed by atoms with Crippen LogP contribution in [0.15, 0.2) is 24.3 Å². The Kier molecular flexibility index (Phi) is 3.20. The molecule has 5 nitrogen and oxygen atoms in total. The van der Waals surface area contributed by atoms with Crippen molar-refractivity contribution in [2.75, 3.05) is 18.1 Å². The van der Waals surface area contributed by atoms with Crippen molar-refractivity contribution in [2.24, 2.45) is 5.73 Å². The lowest BCUT2D eigenvalue weighted by Crippen LogP contribution is -2.44. The maximum atomic E-state index is 12.4. The molecule has 0 spiro atoms. The average molecular weight is 278 g/mol. The molecule has 0 radical (unpaired) electrons. The van der Waals surface area contributed by atoms with Crippen molar-refractivity contribution in [1.29, 1.82) is 0 Å². The Morgan fingerprint density at radius 3 is 2.74 bits per heavy atom. The van der Waals surface area contributed by atoms with Crippen LogP contribution in [0.2, 0.25) is 0 Å². The monoisotopic (exact) mass is 278 g/mol. The predicted octanol–water partition coefficient (Wildman–Crippen LogP) is 0.758. The number of benzene rings is 1. The largest absolute Gasteiger partial charge is 0.366 e. The number of hydrogen-bond acceptors (Lipinski definition) is 4. The van der Waals surface area contributed by atoms with Crippen LogP contribution in [0.3, 0.4) is 0 Å². The fourth-order valence-electron chi connectivity index (χ4n) is 2.34. The molecule has 0 aliphatic carbocycles. The fourth-order valence-corrected chi connectivity index (χ4v) is 3.05. The molecule has 2 saturated heterocycles. The molecule has 0 bridgehead atoms. The highest BCUT2D eigenvalue weighted by Crippen LogP contribution is 2.33. The minimum Gasteiger partial charge on any atom is -0.366 e. The second kappa shape index (κ2) is 4.86. The minimum atomic E-state index is -0.513. The van der Waals surface area contributed by atoms with Crippen LogP contribution in [-0.4, -0.2) is 41.0 Å². The van der Waals surface area contributed by atoms with Crippen LogP contribution in [0.4, 0.5) is 0 Å². The van der Waals surface area contributed by atoms with Crippen LogP contribution in [0.5, 0.6) is 0 Å². The third-order valence-corrected chi connectivity index (χ3v) is 4.69. The van der Waals surface area contributed by atoms with E-state index in [1.165, 1.54) is 5.06 Å². The summed E-state index contributed by atoms with van der Waals surface area (Å²) in [5.74, 6) is 0.820. The van der Waals surface area contributed by atoms with Crippen LogP contribution in [0.25, 0.3) is 0 Å². The van der Waals surface area contributed by atoms with Gasteiger partial charge in [0.25, 0.3) is 5.91 Å². The van der Waals surface area contributed by atoms with Crippen LogP contribution < -0.4 is 5.73 Å². The SMILES string of the molecule is NC(=O)c1ccccc1[C@@H]1CON(C2CSC2)C1=O. The number of amides is 2. The number of hydrogen-bond donors (Lipinski definition) is 1. The molecule has 6 heteroatoms. The molecule has 2 heterocycles. The number of nitrogens with two attached hydrogens (primary N) is 1. The van der Waals surface area contributed by atoms with Gasteiger partial charge in [-0.25, -0.2) is 5.06 Å². The molecule has 1 aromatic carbocycles. The van der Waals surface area contributed by atoms with Crippen molar-refractivity contribution < 1.29 is 14.4 Å². The van der Waals surface area contributed by atoms with Crippen molar-refractivity contribution in [3.63, 3.8) is 0 Å². The van der Waals surface area contributed by atoms with Crippen LogP contribution in [0, 0.1) is 0 Å². The molecule has 1 aromatic rings. The van der Waals surface area contributed by atoms with Crippen molar-refractivity contribution in [3.8, 4) is 0 Å². The van der Waals surface area contributed by atoms with E-state index >= 15 is 0 Å². The van der Waals surface area contributed by atoms with Gasteiger partial charge < -0.3 is 5.73 Å². The molecule has 2 aliphatic heterocycles. The lowest BCUT2D eigenvalue weighted by atomic mass is 9.94. The molecule has 2 amide bonds. The predicted molar refractivity (Wildman–Crippen MR) is 71.6 cm³/mol. The van der Waals surface area contributed by atoms with Gasteiger partial charge in [0.1, 0.15) is 0 Å². The standard InChI is InChI=1S/C13H14N2O3S/c14-12(16)10-4-2-1-3-9(10)11-5-18-15(13(11)17)8-6-19-7-8/h1-4,8,11H,5-7H2,(H2,14,16)/t11-/m0/s1. The van der Waals surface area contributed by atoms with Crippen LogP contribution in [0.1, 0.15) is 21.8 Å². The molecular formula is C13H14N2O3S. The Balaban J connectivity index is 1.87. The van der Waals surface area contributed by atoms with Gasteiger partial charge in [0.2, 0.25) is 5.91 Å². The van der Waals surface area contributed by atoms with E-state index in [2.05, 4.69) is 0 Å². The summed E-state index contributed by atoms with van der Waals surface area (Å²) in [6.07, 6.45) is 0. The topological polar surface area (TPSA) is 72.6 Å². The van der Waals surface area contributed by atoms with Crippen LogP contribution >= 0.6 is 11.8 Å². The highest BCUT2D eigenvalue weighted by atomic mass is 32.2. The van der Waals surface area contributed by atoms with Crippen molar-refractivity contribution >= 4 is 23.6 Å². The van der Waals surface area contributed by atoms with Gasteiger partial charge in [0.15, 0.2) is 0 Å². The molecule has 19 heavy (non-hydrogen) atoms. The zero-order valence-corrected chi connectivity index (χ0v) is 11.1. The first-order valence-electron chi connectivity index (χ1n) is 6.11. The van der Waals surface area contributed by atoms with Crippen LogP contribution in [-0.2, 0) is 9.63 Å². The first kappa shape index (κ1) is 12.5. The number of hydroxylamine groups is 2. The third kappa shape index (κ3) is 2.11. The number of carbonyl (C=O) groups excluding carboxylic acids is 2. The van der Waals surface area contributed by atoms with Gasteiger partial charge in [-0.3, -0.25) is 14.4 Å². The third-order valence-electron chi connectivity index (χ3n) is 3.45. The number of carbonyl (C=O) groups is 2. The Hall–Kier alpha value is -1.53. The van der Waals surface area contributed by atoms with E-state index in [-0.39, 0.29) is 18.6 Å². The van der Waals surface area contributed by atoms with E-state index in [0.29, 0.717) is 11.1 Å². The molecule has 2 aliphatic rings. The van der Waals surface area contributed by atoms with Gasteiger partial charge in [-0.05, 0) is 11.6 Å². The lowest BCUT2D eigenvalue weighted by molar-refractivity contribution is -0.170. The zero-order valence-electron chi connectivity index (χ0n) is 10.2. The zero-order chi connectivity index (χ0) is 13.4. The molecule has 2 fully saturated rings. The summed E-state index contributed by atoms with van der Waals surface area (Å²) < 4.78 is 0. The summed E-state index contributed by atoms with van der Waals surface area (Å²) in [4.78, 5) is 29.3. The minimum absolute atomic E-state index is 0.0704. The summed E-state index contributed by atoms with van der Waals surface area (Å²) in [5, 5.41) is 1.47. The van der Waals surface area contributed by atoms with E-state index in [1.807, 2.05) is 0 Å². The van der Waals surface area contributed by atoms with Crippen molar-refractivity contribution in [1.82, 2.24) is 5.06 Å². The maximum absolute atomic E-state index is 12.4. The summed E-state index contributed by atoms with van der Waals surface area (Å²) in [6.45, 7) is 0.282. The summed E-state index contributed by atoms with van der Waals surface area (Å²) in [5.41, 5.74) is 6.41. The number of nitrogens with zero attached hydrogens (tertiary/aromatic N) is 1. The van der Waals surface area contributed by atoms with Crippen molar-refractivity contribution in [3.05, 3.63) is 35.4 Å². The lowest BCUT2D eigenvalue weighted by Gasteiger charge is -2.32.